The SMILES string of the molecule is Clc1ccc(N[C@H]2OOC3(CCCCC3)OO[C@@H]2Nc2ccc(Cl)cc2)cc1. The van der Waals surface area contributed by atoms with Gasteiger partial charge in [-0.2, -0.15) is 9.78 Å². The van der Waals surface area contributed by atoms with Gasteiger partial charge in [-0.1, -0.05) is 29.6 Å². The Kier molecular flexibility index (Phi) is 6.25. The van der Waals surface area contributed by atoms with E-state index < -0.39 is 18.2 Å². The lowest BCUT2D eigenvalue weighted by Crippen LogP contribution is -2.41. The van der Waals surface area contributed by atoms with Crippen molar-refractivity contribution in [3.05, 3.63) is 58.6 Å². The second kappa shape index (κ2) is 8.86. The van der Waals surface area contributed by atoms with Crippen molar-refractivity contribution in [3.63, 3.8) is 0 Å². The van der Waals surface area contributed by atoms with Crippen molar-refractivity contribution in [3.8, 4) is 0 Å². The van der Waals surface area contributed by atoms with Crippen molar-refractivity contribution < 1.29 is 19.6 Å². The van der Waals surface area contributed by atoms with E-state index in [-0.39, 0.29) is 0 Å². The number of hydrogen-bond acceptors (Lipinski definition) is 6. The minimum absolute atomic E-state index is 0.653. The Morgan fingerprint density at radius 1 is 0.679 bits per heavy atom. The molecule has 8 heteroatoms. The molecule has 150 valence electrons. The zero-order valence-corrected chi connectivity index (χ0v) is 16.7. The number of hydrogen-bond donors (Lipinski definition) is 2. The molecule has 0 amide bonds. The fourth-order valence-corrected chi connectivity index (χ4v) is 3.52. The van der Waals surface area contributed by atoms with E-state index >= 15 is 0 Å². The molecule has 2 N–H and O–H groups in total. The van der Waals surface area contributed by atoms with Crippen LogP contribution in [0.5, 0.6) is 0 Å². The molecule has 1 spiro atoms. The van der Waals surface area contributed by atoms with Crippen LogP contribution in [0.15, 0.2) is 48.5 Å². The van der Waals surface area contributed by atoms with Crippen molar-refractivity contribution >= 4 is 34.6 Å². The Bertz CT molecular complexity index is 707. The van der Waals surface area contributed by atoms with E-state index in [9.17, 15) is 0 Å². The molecule has 28 heavy (non-hydrogen) atoms. The summed E-state index contributed by atoms with van der Waals surface area (Å²) in [6, 6.07) is 14.6. The first-order valence-corrected chi connectivity index (χ1v) is 10.1. The van der Waals surface area contributed by atoms with Crippen molar-refractivity contribution in [1.29, 1.82) is 0 Å². The lowest BCUT2D eigenvalue weighted by molar-refractivity contribution is -0.490. The smallest absolute Gasteiger partial charge is 0.234 e. The van der Waals surface area contributed by atoms with Gasteiger partial charge in [0.2, 0.25) is 18.2 Å². The lowest BCUT2D eigenvalue weighted by Gasteiger charge is -2.31. The van der Waals surface area contributed by atoms with Crippen molar-refractivity contribution in [1.82, 2.24) is 0 Å². The van der Waals surface area contributed by atoms with Crippen LogP contribution in [0.4, 0.5) is 11.4 Å². The molecule has 2 atom stereocenters. The number of halogens is 2. The Hall–Kier alpha value is -1.54. The average Bonchev–Trinajstić information content (AvgIpc) is 2.87. The monoisotopic (exact) mass is 424 g/mol. The van der Waals surface area contributed by atoms with E-state index in [0.29, 0.717) is 22.9 Å². The molecule has 1 heterocycles. The number of nitrogens with one attached hydrogen (secondary N) is 2. The Labute approximate surface area is 173 Å². The zero-order chi connectivity index (χ0) is 19.4. The van der Waals surface area contributed by atoms with E-state index in [1.54, 1.807) is 24.3 Å². The van der Waals surface area contributed by atoms with Gasteiger partial charge < -0.3 is 10.6 Å². The first-order chi connectivity index (χ1) is 13.6. The van der Waals surface area contributed by atoms with E-state index in [1.807, 2.05) is 24.3 Å². The molecule has 0 unspecified atom stereocenters. The Morgan fingerprint density at radius 2 is 1.11 bits per heavy atom. The molecular formula is C20H22Cl2N2O4. The number of rotatable bonds is 4. The van der Waals surface area contributed by atoms with Crippen molar-refractivity contribution in [2.24, 2.45) is 0 Å². The molecule has 1 saturated heterocycles. The molecule has 2 aromatic rings. The summed E-state index contributed by atoms with van der Waals surface area (Å²) in [5.41, 5.74) is 1.62. The molecular weight excluding hydrogens is 403 g/mol. The van der Waals surface area contributed by atoms with Crippen LogP contribution >= 0.6 is 23.2 Å². The summed E-state index contributed by atoms with van der Waals surface area (Å²) >= 11 is 12.0. The third kappa shape index (κ3) is 4.89. The summed E-state index contributed by atoms with van der Waals surface area (Å²) in [6.07, 6.45) is 3.24. The molecule has 6 nitrogen and oxygen atoms in total. The topological polar surface area (TPSA) is 61.0 Å². The number of anilines is 2. The first kappa shape index (κ1) is 19.8. The van der Waals surface area contributed by atoms with Crippen LogP contribution in [0, 0.1) is 0 Å². The second-order valence-electron chi connectivity index (χ2n) is 6.97. The van der Waals surface area contributed by atoms with Gasteiger partial charge in [0.05, 0.1) is 0 Å². The minimum atomic E-state index is -0.880. The minimum Gasteiger partial charge on any atom is -0.354 e. The summed E-state index contributed by atoms with van der Waals surface area (Å²) in [7, 11) is 0. The van der Waals surface area contributed by atoms with E-state index in [2.05, 4.69) is 10.6 Å². The van der Waals surface area contributed by atoms with Gasteiger partial charge in [-0.25, -0.2) is 9.78 Å². The highest BCUT2D eigenvalue weighted by Crippen LogP contribution is 2.36. The van der Waals surface area contributed by atoms with E-state index in [1.165, 1.54) is 0 Å². The lowest BCUT2D eigenvalue weighted by atomic mass is 9.94. The first-order valence-electron chi connectivity index (χ1n) is 9.35. The van der Waals surface area contributed by atoms with Crippen molar-refractivity contribution in [2.75, 3.05) is 10.6 Å². The highest BCUT2D eigenvalue weighted by atomic mass is 35.5. The summed E-state index contributed by atoms with van der Waals surface area (Å²) in [5.74, 6) is -0.880. The van der Waals surface area contributed by atoms with Gasteiger partial charge in [0.25, 0.3) is 0 Å². The summed E-state index contributed by atoms with van der Waals surface area (Å²) in [4.78, 5) is 23.0. The van der Waals surface area contributed by atoms with Crippen LogP contribution in [0.25, 0.3) is 0 Å². The Morgan fingerprint density at radius 3 is 1.54 bits per heavy atom. The highest BCUT2D eigenvalue weighted by molar-refractivity contribution is 6.30. The predicted octanol–water partition coefficient (Wildman–Crippen LogP) is 5.74. The fraction of sp³-hybridized carbons (Fsp3) is 0.400. The fourth-order valence-electron chi connectivity index (χ4n) is 3.27. The van der Waals surface area contributed by atoms with Gasteiger partial charge in [-0.05, 0) is 61.4 Å². The van der Waals surface area contributed by atoms with Crippen LogP contribution in [0.2, 0.25) is 10.0 Å². The molecule has 0 radical (unpaired) electrons. The van der Waals surface area contributed by atoms with Crippen LogP contribution in [-0.4, -0.2) is 18.2 Å². The van der Waals surface area contributed by atoms with Crippen LogP contribution in [0.3, 0.4) is 0 Å². The molecule has 4 rings (SSSR count). The van der Waals surface area contributed by atoms with Gasteiger partial charge in [-0.15, -0.1) is 0 Å². The summed E-state index contributed by atoms with van der Waals surface area (Å²) < 4.78 is 0. The van der Waals surface area contributed by atoms with Gasteiger partial charge in [0.1, 0.15) is 0 Å². The second-order valence-corrected chi connectivity index (χ2v) is 7.85. The normalized spacial score (nSPS) is 24.5. The van der Waals surface area contributed by atoms with Gasteiger partial charge in [0.15, 0.2) is 0 Å². The van der Waals surface area contributed by atoms with Gasteiger partial charge >= 0.3 is 0 Å². The largest absolute Gasteiger partial charge is 0.354 e. The Balaban J connectivity index is 1.52. The molecule has 1 saturated carbocycles. The third-order valence-corrected chi connectivity index (χ3v) is 5.31. The predicted molar refractivity (Wildman–Crippen MR) is 108 cm³/mol. The quantitative estimate of drug-likeness (QED) is 0.610. The number of benzene rings is 2. The average molecular weight is 425 g/mol. The van der Waals surface area contributed by atoms with Gasteiger partial charge in [0, 0.05) is 34.3 Å². The molecule has 2 fully saturated rings. The van der Waals surface area contributed by atoms with E-state index in [0.717, 1.165) is 30.6 Å². The maximum atomic E-state index is 5.98. The third-order valence-electron chi connectivity index (χ3n) is 4.80. The van der Waals surface area contributed by atoms with E-state index in [4.69, 9.17) is 42.8 Å². The van der Waals surface area contributed by atoms with Crippen LogP contribution in [0.1, 0.15) is 32.1 Å². The molecule has 0 bridgehead atoms. The van der Waals surface area contributed by atoms with Crippen LogP contribution < -0.4 is 10.6 Å². The standard InChI is InChI=1S/C20H22Cl2N2O4/c21-14-4-8-16(9-5-14)23-18-19(24-17-10-6-15(22)7-11-17)26-28-20(27-25-18)12-2-1-3-13-20/h4-11,18-19,23-24H,1-3,12-13H2/t18-,19-/m0/s1. The maximum absolute atomic E-state index is 5.98. The van der Waals surface area contributed by atoms with Crippen LogP contribution in [-0.2, 0) is 19.6 Å². The summed E-state index contributed by atoms with van der Waals surface area (Å²) in [6.45, 7) is 0. The zero-order valence-electron chi connectivity index (χ0n) is 15.2. The molecule has 2 aromatic carbocycles. The molecule has 0 aromatic heterocycles. The van der Waals surface area contributed by atoms with Crippen molar-refractivity contribution in [2.45, 2.75) is 50.3 Å². The summed E-state index contributed by atoms with van der Waals surface area (Å²) in [5, 5.41) is 7.81. The van der Waals surface area contributed by atoms with Gasteiger partial charge in [-0.3, -0.25) is 0 Å². The molecule has 1 aliphatic heterocycles. The highest BCUT2D eigenvalue weighted by Gasteiger charge is 2.43. The molecule has 2 aliphatic rings. The maximum Gasteiger partial charge on any atom is 0.234 e. The molecule has 1 aliphatic carbocycles.